The van der Waals surface area contributed by atoms with Crippen LogP contribution in [-0.2, 0) is 6.54 Å². The minimum Gasteiger partial charge on any atom is -0.326 e. The molecule has 0 saturated heterocycles. The average molecular weight is 240 g/mol. The van der Waals surface area contributed by atoms with Gasteiger partial charge in [-0.15, -0.1) is 11.3 Å². The molecule has 1 atom stereocenters. The average Bonchev–Trinajstić information content (AvgIpc) is 2.44. The van der Waals surface area contributed by atoms with Gasteiger partial charge in [-0.2, -0.15) is 0 Å². The maximum absolute atomic E-state index is 6.09. The van der Waals surface area contributed by atoms with Crippen molar-refractivity contribution in [1.82, 2.24) is 5.32 Å². The van der Waals surface area contributed by atoms with E-state index in [1.165, 1.54) is 15.3 Å². The van der Waals surface area contributed by atoms with Gasteiger partial charge in [-0.3, -0.25) is 0 Å². The molecular formula is C13H24N2S. The first-order chi connectivity index (χ1) is 7.30. The van der Waals surface area contributed by atoms with Gasteiger partial charge in [0.25, 0.3) is 0 Å². The zero-order chi connectivity index (χ0) is 12.3. The molecule has 1 heterocycles. The minimum atomic E-state index is 0.175. The fourth-order valence-electron chi connectivity index (χ4n) is 1.39. The summed E-state index contributed by atoms with van der Waals surface area (Å²) in [6, 6.07) is 2.46. The second-order valence-electron chi connectivity index (χ2n) is 5.56. The molecule has 0 bridgehead atoms. The van der Waals surface area contributed by atoms with Crippen molar-refractivity contribution in [2.45, 2.75) is 47.2 Å². The van der Waals surface area contributed by atoms with Crippen LogP contribution in [0, 0.1) is 19.3 Å². The number of nitrogens with one attached hydrogen (secondary N) is 1. The summed E-state index contributed by atoms with van der Waals surface area (Å²) in [5, 5.41) is 3.43. The van der Waals surface area contributed by atoms with Gasteiger partial charge in [-0.25, -0.2) is 0 Å². The van der Waals surface area contributed by atoms with E-state index in [0.29, 0.717) is 0 Å². The molecule has 1 aromatic heterocycles. The SMILES string of the molecule is Cc1cc(CNCC(N)C(C)(C)C)sc1C. The van der Waals surface area contributed by atoms with E-state index in [2.05, 4.69) is 46.0 Å². The van der Waals surface area contributed by atoms with Crippen molar-refractivity contribution >= 4 is 11.3 Å². The molecule has 0 aliphatic rings. The highest BCUT2D eigenvalue weighted by Crippen LogP contribution is 2.20. The number of aryl methyl sites for hydroxylation is 2. The molecule has 1 aromatic rings. The molecule has 1 unspecified atom stereocenters. The Bertz CT molecular complexity index is 317. The van der Waals surface area contributed by atoms with Crippen LogP contribution in [0.4, 0.5) is 0 Å². The Balaban J connectivity index is 2.36. The Labute approximate surface area is 103 Å². The van der Waals surface area contributed by atoms with Gasteiger partial charge in [-0.05, 0) is 30.9 Å². The highest BCUT2D eigenvalue weighted by atomic mass is 32.1. The molecule has 3 N–H and O–H groups in total. The predicted molar refractivity (Wildman–Crippen MR) is 72.9 cm³/mol. The van der Waals surface area contributed by atoms with Crippen molar-refractivity contribution in [3.63, 3.8) is 0 Å². The third-order valence-electron chi connectivity index (χ3n) is 2.99. The van der Waals surface area contributed by atoms with Crippen LogP contribution in [0.1, 0.15) is 36.1 Å². The smallest absolute Gasteiger partial charge is 0.0300 e. The summed E-state index contributed by atoms with van der Waals surface area (Å²) in [5.41, 5.74) is 7.66. The summed E-state index contributed by atoms with van der Waals surface area (Å²) in [6.45, 7) is 12.7. The molecule has 3 heteroatoms. The molecule has 0 amide bonds. The molecular weight excluding hydrogens is 216 g/mol. The van der Waals surface area contributed by atoms with E-state index in [-0.39, 0.29) is 11.5 Å². The molecule has 0 aliphatic heterocycles. The molecule has 92 valence electrons. The van der Waals surface area contributed by atoms with E-state index in [4.69, 9.17) is 5.73 Å². The number of hydrogen-bond donors (Lipinski definition) is 2. The van der Waals surface area contributed by atoms with E-state index in [1.807, 2.05) is 11.3 Å². The molecule has 0 fully saturated rings. The lowest BCUT2D eigenvalue weighted by molar-refractivity contribution is 0.309. The summed E-state index contributed by atoms with van der Waals surface area (Å²) in [5.74, 6) is 0. The van der Waals surface area contributed by atoms with Crippen molar-refractivity contribution in [3.05, 3.63) is 21.4 Å². The van der Waals surface area contributed by atoms with E-state index in [1.54, 1.807) is 0 Å². The summed E-state index contributed by atoms with van der Waals surface area (Å²) in [7, 11) is 0. The van der Waals surface area contributed by atoms with Gasteiger partial charge < -0.3 is 11.1 Å². The minimum absolute atomic E-state index is 0.175. The van der Waals surface area contributed by atoms with E-state index < -0.39 is 0 Å². The standard InChI is InChI=1S/C13H24N2S/c1-9-6-11(16-10(9)2)7-15-8-12(14)13(3,4)5/h6,12,15H,7-8,14H2,1-5H3. The normalized spacial score (nSPS) is 14.1. The third-order valence-corrected chi connectivity index (χ3v) is 4.15. The Morgan fingerprint density at radius 1 is 1.38 bits per heavy atom. The van der Waals surface area contributed by atoms with Crippen LogP contribution in [0.5, 0.6) is 0 Å². The van der Waals surface area contributed by atoms with Gasteiger partial charge in [0, 0.05) is 28.9 Å². The Morgan fingerprint density at radius 2 is 2.00 bits per heavy atom. The highest BCUT2D eigenvalue weighted by Gasteiger charge is 2.19. The van der Waals surface area contributed by atoms with Gasteiger partial charge in [-0.1, -0.05) is 20.8 Å². The van der Waals surface area contributed by atoms with Crippen LogP contribution in [-0.4, -0.2) is 12.6 Å². The lowest BCUT2D eigenvalue weighted by atomic mass is 9.87. The quantitative estimate of drug-likeness (QED) is 0.849. The molecule has 0 saturated carbocycles. The lowest BCUT2D eigenvalue weighted by Gasteiger charge is -2.27. The van der Waals surface area contributed by atoms with Crippen molar-refractivity contribution in [1.29, 1.82) is 0 Å². The van der Waals surface area contributed by atoms with Crippen molar-refractivity contribution in [2.24, 2.45) is 11.1 Å². The molecule has 16 heavy (non-hydrogen) atoms. The number of hydrogen-bond acceptors (Lipinski definition) is 3. The van der Waals surface area contributed by atoms with Crippen LogP contribution in [0.2, 0.25) is 0 Å². The van der Waals surface area contributed by atoms with Gasteiger partial charge in [0.15, 0.2) is 0 Å². The zero-order valence-electron chi connectivity index (χ0n) is 11.1. The van der Waals surface area contributed by atoms with Crippen molar-refractivity contribution in [3.8, 4) is 0 Å². The van der Waals surface area contributed by atoms with E-state index >= 15 is 0 Å². The Kier molecular flexibility index (Phi) is 4.53. The molecule has 1 rings (SSSR count). The highest BCUT2D eigenvalue weighted by molar-refractivity contribution is 7.12. The fraction of sp³-hybridized carbons (Fsp3) is 0.692. The predicted octanol–water partition coefficient (Wildman–Crippen LogP) is 2.83. The monoisotopic (exact) mass is 240 g/mol. The second kappa shape index (κ2) is 5.30. The van der Waals surface area contributed by atoms with Crippen LogP contribution in [0.15, 0.2) is 6.07 Å². The Hall–Kier alpha value is -0.380. The first kappa shape index (κ1) is 13.7. The lowest BCUT2D eigenvalue weighted by Crippen LogP contribution is -2.43. The fourth-order valence-corrected chi connectivity index (χ4v) is 2.42. The topological polar surface area (TPSA) is 38.0 Å². The van der Waals surface area contributed by atoms with Gasteiger partial charge in [0.2, 0.25) is 0 Å². The summed E-state index contributed by atoms with van der Waals surface area (Å²) in [4.78, 5) is 2.81. The van der Waals surface area contributed by atoms with E-state index in [9.17, 15) is 0 Å². The zero-order valence-corrected chi connectivity index (χ0v) is 11.9. The van der Waals surface area contributed by atoms with Crippen molar-refractivity contribution in [2.75, 3.05) is 6.54 Å². The first-order valence-corrected chi connectivity index (χ1v) is 6.64. The molecule has 0 radical (unpaired) electrons. The van der Waals surface area contributed by atoms with Gasteiger partial charge in [0.05, 0.1) is 0 Å². The number of thiophene rings is 1. The molecule has 0 spiro atoms. The van der Waals surface area contributed by atoms with Crippen LogP contribution < -0.4 is 11.1 Å². The largest absolute Gasteiger partial charge is 0.326 e. The van der Waals surface area contributed by atoms with Crippen LogP contribution in [0.25, 0.3) is 0 Å². The maximum atomic E-state index is 6.09. The van der Waals surface area contributed by atoms with E-state index in [0.717, 1.165) is 13.1 Å². The second-order valence-corrected chi connectivity index (χ2v) is 6.90. The summed E-state index contributed by atoms with van der Waals surface area (Å²) >= 11 is 1.87. The molecule has 2 nitrogen and oxygen atoms in total. The van der Waals surface area contributed by atoms with Gasteiger partial charge in [0.1, 0.15) is 0 Å². The first-order valence-electron chi connectivity index (χ1n) is 5.83. The summed E-state index contributed by atoms with van der Waals surface area (Å²) in [6.07, 6.45) is 0. The van der Waals surface area contributed by atoms with Gasteiger partial charge >= 0.3 is 0 Å². The number of rotatable bonds is 4. The summed E-state index contributed by atoms with van der Waals surface area (Å²) < 4.78 is 0. The van der Waals surface area contributed by atoms with Crippen LogP contribution in [0.3, 0.4) is 0 Å². The molecule has 0 aliphatic carbocycles. The number of nitrogens with two attached hydrogens (primary N) is 1. The molecule has 0 aromatic carbocycles. The maximum Gasteiger partial charge on any atom is 0.0300 e. The van der Waals surface area contributed by atoms with Crippen molar-refractivity contribution < 1.29 is 0 Å². The Morgan fingerprint density at radius 3 is 2.44 bits per heavy atom. The third kappa shape index (κ3) is 3.89. The van der Waals surface area contributed by atoms with Crippen LogP contribution >= 0.6 is 11.3 Å².